The van der Waals surface area contributed by atoms with Crippen LogP contribution in [-0.4, -0.2) is 30.3 Å². The molecule has 20 heavy (non-hydrogen) atoms. The van der Waals surface area contributed by atoms with Gasteiger partial charge in [-0.2, -0.15) is 0 Å². The highest BCUT2D eigenvalue weighted by Gasteiger charge is 2.08. The maximum atomic E-state index is 11.7. The largest absolute Gasteiger partial charge is 0.484 e. The van der Waals surface area contributed by atoms with E-state index >= 15 is 0 Å². The Morgan fingerprint density at radius 3 is 2.45 bits per heavy atom. The Bertz CT molecular complexity index is 401. The lowest BCUT2D eigenvalue weighted by Crippen LogP contribution is -2.36. The van der Waals surface area contributed by atoms with Gasteiger partial charge in [0.1, 0.15) is 5.75 Å². The Kier molecular flexibility index (Phi) is 7.09. The quantitative estimate of drug-likeness (QED) is 0.768. The second kappa shape index (κ2) is 8.59. The van der Waals surface area contributed by atoms with Crippen LogP contribution < -0.4 is 10.1 Å². The molecular formula is C16H25NO3. The van der Waals surface area contributed by atoms with Crippen molar-refractivity contribution in [1.29, 1.82) is 0 Å². The van der Waals surface area contributed by atoms with E-state index in [1.54, 1.807) is 0 Å². The van der Waals surface area contributed by atoms with Crippen LogP contribution in [0.15, 0.2) is 24.3 Å². The first kappa shape index (κ1) is 16.5. The minimum absolute atomic E-state index is 0.0183. The fourth-order valence-corrected chi connectivity index (χ4v) is 1.88. The average Bonchev–Trinajstić information content (AvgIpc) is 2.43. The van der Waals surface area contributed by atoms with Crippen molar-refractivity contribution < 1.29 is 14.6 Å². The summed E-state index contributed by atoms with van der Waals surface area (Å²) in [7, 11) is 0. The van der Waals surface area contributed by atoms with Gasteiger partial charge in [-0.1, -0.05) is 26.0 Å². The lowest BCUT2D eigenvalue weighted by atomic mass is 10.0. The van der Waals surface area contributed by atoms with Gasteiger partial charge in [0.15, 0.2) is 6.61 Å². The molecule has 0 saturated heterocycles. The summed E-state index contributed by atoms with van der Waals surface area (Å²) in [6.07, 6.45) is 1.46. The van der Waals surface area contributed by atoms with Gasteiger partial charge in [0.25, 0.3) is 5.91 Å². The second-order valence-electron chi connectivity index (χ2n) is 5.35. The molecule has 0 fully saturated rings. The van der Waals surface area contributed by atoms with Crippen LogP contribution >= 0.6 is 0 Å². The van der Waals surface area contributed by atoms with E-state index in [0.29, 0.717) is 18.1 Å². The molecule has 1 aromatic rings. The van der Waals surface area contributed by atoms with Gasteiger partial charge in [0.2, 0.25) is 0 Å². The van der Waals surface area contributed by atoms with Crippen molar-refractivity contribution in [1.82, 2.24) is 5.32 Å². The molecule has 1 unspecified atom stereocenters. The van der Waals surface area contributed by atoms with Crippen molar-refractivity contribution in [2.45, 2.75) is 45.6 Å². The van der Waals surface area contributed by atoms with Crippen molar-refractivity contribution in [2.24, 2.45) is 0 Å². The molecule has 0 aliphatic rings. The molecule has 112 valence electrons. The van der Waals surface area contributed by atoms with Gasteiger partial charge in [-0.15, -0.1) is 0 Å². The number of hydrogen-bond acceptors (Lipinski definition) is 3. The molecule has 0 aromatic heterocycles. The maximum Gasteiger partial charge on any atom is 0.258 e. The van der Waals surface area contributed by atoms with E-state index < -0.39 is 0 Å². The maximum absolute atomic E-state index is 11.7. The van der Waals surface area contributed by atoms with E-state index in [1.165, 1.54) is 5.56 Å². The molecule has 1 aromatic carbocycles. The first-order chi connectivity index (χ1) is 9.52. The third kappa shape index (κ3) is 6.06. The molecule has 1 amide bonds. The number of aliphatic hydroxyl groups is 1. The molecule has 4 heteroatoms. The molecule has 2 N–H and O–H groups in total. The zero-order valence-electron chi connectivity index (χ0n) is 12.6. The van der Waals surface area contributed by atoms with Gasteiger partial charge in [-0.05, 0) is 43.4 Å². The third-order valence-corrected chi connectivity index (χ3v) is 3.12. The summed E-state index contributed by atoms with van der Waals surface area (Å²) >= 11 is 0. The number of hydrogen-bond donors (Lipinski definition) is 2. The summed E-state index contributed by atoms with van der Waals surface area (Å²) in [6.45, 7) is 6.36. The highest BCUT2D eigenvalue weighted by molar-refractivity contribution is 5.77. The molecule has 0 spiro atoms. The molecular weight excluding hydrogens is 254 g/mol. The van der Waals surface area contributed by atoms with Crippen molar-refractivity contribution >= 4 is 5.91 Å². The summed E-state index contributed by atoms with van der Waals surface area (Å²) in [5, 5.41) is 11.6. The molecule has 0 saturated carbocycles. The smallest absolute Gasteiger partial charge is 0.258 e. The highest BCUT2D eigenvalue weighted by Crippen LogP contribution is 2.18. The number of carbonyl (C=O) groups excluding carboxylic acids is 1. The van der Waals surface area contributed by atoms with Gasteiger partial charge in [0, 0.05) is 12.6 Å². The van der Waals surface area contributed by atoms with Crippen molar-refractivity contribution in [2.75, 3.05) is 13.2 Å². The van der Waals surface area contributed by atoms with Crippen LogP contribution in [0.4, 0.5) is 0 Å². The van der Waals surface area contributed by atoms with E-state index in [-0.39, 0.29) is 25.2 Å². The summed E-state index contributed by atoms with van der Waals surface area (Å²) in [4.78, 5) is 11.7. The van der Waals surface area contributed by atoms with E-state index in [0.717, 1.165) is 6.42 Å². The lowest BCUT2D eigenvalue weighted by Gasteiger charge is -2.14. The van der Waals surface area contributed by atoms with Crippen LogP contribution in [0.1, 0.15) is 45.1 Å². The summed E-state index contributed by atoms with van der Waals surface area (Å²) < 4.78 is 5.45. The molecule has 0 radical (unpaired) electrons. The normalized spacial score (nSPS) is 12.2. The van der Waals surface area contributed by atoms with Crippen LogP contribution in [0.3, 0.4) is 0 Å². The summed E-state index contributed by atoms with van der Waals surface area (Å²) in [5.41, 5.74) is 1.25. The standard InChI is InChI=1S/C16H25NO3/c1-12(2)14-6-8-15(9-7-14)20-11-16(19)17-13(3)5-4-10-18/h6-9,12-13,18H,4-5,10-11H2,1-3H3,(H,17,19). The first-order valence-electron chi connectivity index (χ1n) is 7.16. The van der Waals surface area contributed by atoms with E-state index in [9.17, 15) is 4.79 Å². The third-order valence-electron chi connectivity index (χ3n) is 3.12. The van der Waals surface area contributed by atoms with Crippen molar-refractivity contribution in [3.63, 3.8) is 0 Å². The first-order valence-corrected chi connectivity index (χ1v) is 7.16. The Morgan fingerprint density at radius 2 is 1.90 bits per heavy atom. The molecule has 0 bridgehead atoms. The number of benzene rings is 1. The van der Waals surface area contributed by atoms with Crippen LogP contribution in [-0.2, 0) is 4.79 Å². The lowest BCUT2D eigenvalue weighted by molar-refractivity contribution is -0.123. The minimum Gasteiger partial charge on any atom is -0.484 e. The Labute approximate surface area is 121 Å². The predicted molar refractivity (Wildman–Crippen MR) is 80.0 cm³/mol. The number of rotatable bonds is 8. The average molecular weight is 279 g/mol. The van der Waals surface area contributed by atoms with Crippen molar-refractivity contribution in [3.8, 4) is 5.75 Å². The van der Waals surface area contributed by atoms with Crippen LogP contribution in [0.5, 0.6) is 5.75 Å². The predicted octanol–water partition coefficient (Wildman–Crippen LogP) is 2.47. The zero-order valence-corrected chi connectivity index (χ0v) is 12.6. The van der Waals surface area contributed by atoms with Crippen LogP contribution in [0.2, 0.25) is 0 Å². The number of carbonyl (C=O) groups is 1. The van der Waals surface area contributed by atoms with E-state index in [1.807, 2.05) is 31.2 Å². The summed E-state index contributed by atoms with van der Waals surface area (Å²) in [6, 6.07) is 7.86. The second-order valence-corrected chi connectivity index (χ2v) is 5.35. The van der Waals surface area contributed by atoms with E-state index in [4.69, 9.17) is 9.84 Å². The SMILES string of the molecule is CC(CCCO)NC(=O)COc1ccc(C(C)C)cc1. The molecule has 0 heterocycles. The zero-order chi connectivity index (χ0) is 15.0. The van der Waals surface area contributed by atoms with Gasteiger partial charge >= 0.3 is 0 Å². The number of amides is 1. The molecule has 4 nitrogen and oxygen atoms in total. The number of aliphatic hydroxyl groups excluding tert-OH is 1. The molecule has 0 aliphatic heterocycles. The molecule has 1 atom stereocenters. The Balaban J connectivity index is 2.33. The minimum atomic E-state index is -0.136. The Hall–Kier alpha value is -1.55. The van der Waals surface area contributed by atoms with Crippen LogP contribution in [0, 0.1) is 0 Å². The van der Waals surface area contributed by atoms with Gasteiger partial charge < -0.3 is 15.2 Å². The van der Waals surface area contributed by atoms with Gasteiger partial charge in [0.05, 0.1) is 0 Å². The Morgan fingerprint density at radius 1 is 1.25 bits per heavy atom. The van der Waals surface area contributed by atoms with Crippen molar-refractivity contribution in [3.05, 3.63) is 29.8 Å². The van der Waals surface area contributed by atoms with Gasteiger partial charge in [-0.25, -0.2) is 0 Å². The van der Waals surface area contributed by atoms with Gasteiger partial charge in [-0.3, -0.25) is 4.79 Å². The monoisotopic (exact) mass is 279 g/mol. The fourth-order valence-electron chi connectivity index (χ4n) is 1.88. The fraction of sp³-hybridized carbons (Fsp3) is 0.562. The number of ether oxygens (including phenoxy) is 1. The van der Waals surface area contributed by atoms with E-state index in [2.05, 4.69) is 19.2 Å². The molecule has 1 rings (SSSR count). The topological polar surface area (TPSA) is 58.6 Å². The molecule has 0 aliphatic carbocycles. The number of nitrogens with one attached hydrogen (secondary N) is 1. The highest BCUT2D eigenvalue weighted by atomic mass is 16.5. The summed E-state index contributed by atoms with van der Waals surface area (Å²) in [5.74, 6) is 1.05. The van der Waals surface area contributed by atoms with Crippen LogP contribution in [0.25, 0.3) is 0 Å².